The van der Waals surface area contributed by atoms with Gasteiger partial charge in [-0.15, -0.1) is 0 Å². The maximum Gasteiger partial charge on any atom is 0.261 e. The van der Waals surface area contributed by atoms with Gasteiger partial charge in [0.1, 0.15) is 30.4 Å². The van der Waals surface area contributed by atoms with Gasteiger partial charge in [-0.3, -0.25) is 0 Å². The van der Waals surface area contributed by atoms with E-state index in [1.54, 1.807) is 28.4 Å². The molecule has 10 heteroatoms. The quantitative estimate of drug-likeness (QED) is 0.0727. The normalized spacial score (nSPS) is 24.6. The van der Waals surface area contributed by atoms with Gasteiger partial charge in [0.15, 0.2) is 6.29 Å². The van der Waals surface area contributed by atoms with Crippen LogP contribution >= 0.6 is 22.6 Å². The van der Waals surface area contributed by atoms with Crippen molar-refractivity contribution >= 4 is 41.3 Å². The Morgan fingerprint density at radius 3 is 1.98 bits per heavy atom. The molecule has 0 spiro atoms. The third kappa shape index (κ3) is 8.37. The third-order valence-electron chi connectivity index (χ3n) is 11.4. The predicted molar refractivity (Wildman–Crippen MR) is 220 cm³/mol. The van der Waals surface area contributed by atoms with Crippen LogP contribution in [-0.2, 0) is 39.5 Å². The fraction of sp³-hybridized carbons (Fsp3) is 0.535. The van der Waals surface area contributed by atoms with E-state index in [0.717, 1.165) is 21.3 Å². The van der Waals surface area contributed by atoms with Crippen LogP contribution in [0, 0.1) is 17.3 Å². The maximum atomic E-state index is 7.64. The Morgan fingerprint density at radius 2 is 1.51 bits per heavy atom. The van der Waals surface area contributed by atoms with Crippen LogP contribution in [0.25, 0.3) is 0 Å². The molecule has 1 saturated heterocycles. The second kappa shape index (κ2) is 17.8. The Morgan fingerprint density at radius 1 is 0.906 bits per heavy atom. The lowest BCUT2D eigenvalue weighted by molar-refractivity contribution is -0.290. The number of benzene rings is 3. The van der Waals surface area contributed by atoms with E-state index in [9.17, 15) is 0 Å². The van der Waals surface area contributed by atoms with Gasteiger partial charge in [-0.25, -0.2) is 0 Å². The second-order valence-corrected chi connectivity index (χ2v) is 21.9. The first-order chi connectivity index (χ1) is 25.3. The minimum absolute atomic E-state index is 0.00787. The van der Waals surface area contributed by atoms with Gasteiger partial charge in [-0.2, -0.15) is 0 Å². The maximum absolute atomic E-state index is 7.64. The topological polar surface area (TPSA) is 73.8 Å². The summed E-state index contributed by atoms with van der Waals surface area (Å²) in [4.78, 5) is 0. The largest absolute Gasteiger partial charge is 0.497 e. The highest BCUT2D eigenvalue weighted by Crippen LogP contribution is 2.67. The minimum atomic E-state index is -2.94. The Kier molecular flexibility index (Phi) is 14.1. The van der Waals surface area contributed by atoms with Gasteiger partial charge in [0.25, 0.3) is 8.32 Å². The lowest BCUT2D eigenvalue weighted by atomic mass is 9.47. The van der Waals surface area contributed by atoms with Gasteiger partial charge in [0.2, 0.25) is 0 Å². The molecule has 2 fully saturated rings. The molecule has 0 unspecified atom stereocenters. The first-order valence-electron chi connectivity index (χ1n) is 18.5. The van der Waals surface area contributed by atoms with E-state index in [1.807, 2.05) is 24.3 Å². The average Bonchev–Trinajstić information content (AvgIpc) is 3.43. The minimum Gasteiger partial charge on any atom is -0.497 e. The molecular formula is C43H59IO8Si. The number of allylic oxidation sites excluding steroid dienone is 1. The SMILES string of the molecule is COCO[C@@H]([C@@H]1[C@@H](OC)O[C@]2([C@@H](CO[Si](c3ccccc3)(c3ccccc3)C(C)(C)C)OCc3ccc(OC)cc3)[C@H]1CC2(C)C)[C@H](/C=C(\C)I)OC. The molecule has 5 rings (SSSR count). The molecule has 0 radical (unpaired) electrons. The lowest BCUT2D eigenvalue weighted by Gasteiger charge is -2.61. The number of halogens is 1. The van der Waals surface area contributed by atoms with E-state index in [-0.39, 0.29) is 35.2 Å². The van der Waals surface area contributed by atoms with Crippen molar-refractivity contribution in [2.75, 3.05) is 41.8 Å². The monoisotopic (exact) mass is 858 g/mol. The van der Waals surface area contributed by atoms with Crippen LogP contribution in [0.3, 0.4) is 0 Å². The van der Waals surface area contributed by atoms with Gasteiger partial charge < -0.3 is 37.6 Å². The molecule has 1 aliphatic carbocycles. The summed E-state index contributed by atoms with van der Waals surface area (Å²) >= 11 is 2.32. The summed E-state index contributed by atoms with van der Waals surface area (Å²) in [5, 5.41) is 2.21. The zero-order chi connectivity index (χ0) is 38.4. The summed E-state index contributed by atoms with van der Waals surface area (Å²) in [6, 6.07) is 29.5. The lowest BCUT2D eigenvalue weighted by Crippen LogP contribution is -2.72. The van der Waals surface area contributed by atoms with Crippen LogP contribution in [0.1, 0.15) is 53.5 Å². The summed E-state index contributed by atoms with van der Waals surface area (Å²) in [7, 11) is 3.81. The number of hydrogen-bond acceptors (Lipinski definition) is 8. The third-order valence-corrected chi connectivity index (χ3v) is 16.7. The predicted octanol–water partition coefficient (Wildman–Crippen LogP) is 7.90. The Balaban J connectivity index is 1.63. The van der Waals surface area contributed by atoms with E-state index in [0.29, 0.717) is 13.2 Å². The van der Waals surface area contributed by atoms with Gasteiger partial charge in [0, 0.05) is 33.2 Å². The van der Waals surface area contributed by atoms with Gasteiger partial charge >= 0.3 is 0 Å². The summed E-state index contributed by atoms with van der Waals surface area (Å²) < 4.78 is 52.9. The molecule has 1 aliphatic heterocycles. The number of methoxy groups -OCH3 is 4. The van der Waals surface area contributed by atoms with Crippen molar-refractivity contribution in [3.63, 3.8) is 0 Å². The van der Waals surface area contributed by atoms with Crippen LogP contribution in [0.15, 0.2) is 94.6 Å². The molecule has 290 valence electrons. The van der Waals surface area contributed by atoms with Gasteiger partial charge in [-0.1, -0.05) is 107 Å². The van der Waals surface area contributed by atoms with Crippen molar-refractivity contribution in [1.29, 1.82) is 0 Å². The Bertz CT molecular complexity index is 1570. The highest BCUT2D eigenvalue weighted by molar-refractivity contribution is 14.1. The second-order valence-electron chi connectivity index (χ2n) is 15.9. The molecule has 1 saturated carbocycles. The molecular weight excluding hydrogens is 799 g/mol. The highest BCUT2D eigenvalue weighted by atomic mass is 127. The molecule has 7 atom stereocenters. The zero-order valence-electron chi connectivity index (χ0n) is 33.1. The number of rotatable bonds is 18. The van der Waals surface area contributed by atoms with Crippen LogP contribution in [0.2, 0.25) is 5.04 Å². The van der Waals surface area contributed by atoms with E-state index < -0.39 is 32.4 Å². The molecule has 1 heterocycles. The van der Waals surface area contributed by atoms with Crippen LogP contribution in [-0.4, -0.2) is 80.4 Å². The van der Waals surface area contributed by atoms with E-state index in [1.165, 1.54) is 10.4 Å². The first-order valence-corrected chi connectivity index (χ1v) is 21.5. The molecule has 53 heavy (non-hydrogen) atoms. The number of hydrogen-bond donors (Lipinski definition) is 0. The summed E-state index contributed by atoms with van der Waals surface area (Å²) in [6.07, 6.45) is 1.19. The number of fused-ring (bicyclic) bond motifs is 1. The van der Waals surface area contributed by atoms with Crippen molar-refractivity contribution in [2.45, 2.75) is 89.8 Å². The van der Waals surface area contributed by atoms with Crippen LogP contribution in [0.5, 0.6) is 5.75 Å². The smallest absolute Gasteiger partial charge is 0.261 e. The summed E-state index contributed by atoms with van der Waals surface area (Å²) in [6.45, 7) is 14.3. The molecule has 0 aromatic heterocycles. The fourth-order valence-corrected chi connectivity index (χ4v) is 13.9. The molecule has 3 aromatic rings. The molecule has 2 aliphatic rings. The van der Waals surface area contributed by atoms with E-state index in [4.69, 9.17) is 37.6 Å². The number of ether oxygens (including phenoxy) is 7. The average molecular weight is 859 g/mol. The van der Waals surface area contributed by atoms with Gasteiger partial charge in [0.05, 0.1) is 26.4 Å². The highest BCUT2D eigenvalue weighted by Gasteiger charge is 2.75. The molecule has 3 aromatic carbocycles. The molecule has 0 amide bonds. The fourth-order valence-electron chi connectivity index (χ4n) is 8.97. The van der Waals surface area contributed by atoms with Crippen molar-refractivity contribution in [1.82, 2.24) is 0 Å². The Hall–Kier alpha value is -2.13. The molecule has 0 N–H and O–H groups in total. The summed E-state index contributed by atoms with van der Waals surface area (Å²) in [5.41, 5.74) is -0.0225. The standard InChI is InChI=1S/C43H59IO8Si/c1-30(44)25-36(47-9)39(50-29-45-7)38-35-26-42(5,6)43(35,52-40(38)48-10)37(49-27-31-21-23-32(46-8)24-22-31)28-51-53(41(2,3)4,33-17-13-11-14-18-33)34-19-15-12-16-20-34/h11-25,35-40H,26-29H2,1-10H3/b30-25+/t35-,36-,37+,38+,39+,40-,43-/m0/s1. The van der Waals surface area contributed by atoms with Crippen molar-refractivity contribution in [3.05, 3.63) is 100 Å². The Labute approximate surface area is 332 Å². The van der Waals surface area contributed by atoms with Gasteiger partial charge in [-0.05, 0) is 84.1 Å². The van der Waals surface area contributed by atoms with E-state index >= 15 is 0 Å². The zero-order valence-corrected chi connectivity index (χ0v) is 36.3. The summed E-state index contributed by atoms with van der Waals surface area (Å²) in [5.74, 6) is 0.628. The molecule has 0 bridgehead atoms. The molecule has 8 nitrogen and oxygen atoms in total. The van der Waals surface area contributed by atoms with Crippen LogP contribution < -0.4 is 15.1 Å². The van der Waals surface area contributed by atoms with Crippen molar-refractivity contribution in [3.8, 4) is 5.75 Å². The van der Waals surface area contributed by atoms with Crippen molar-refractivity contribution in [2.24, 2.45) is 17.3 Å². The first kappa shape index (κ1) is 42.0. The van der Waals surface area contributed by atoms with Crippen LogP contribution in [0.4, 0.5) is 0 Å². The van der Waals surface area contributed by atoms with Crippen molar-refractivity contribution < 1.29 is 37.6 Å². The van der Waals surface area contributed by atoms with E-state index in [2.05, 4.69) is 131 Å².